The Morgan fingerprint density at radius 1 is 1.05 bits per heavy atom. The molecular weight excluding hydrogens is 324 g/mol. The van der Waals surface area contributed by atoms with Crippen LogP contribution in [0.25, 0.3) is 12.2 Å². The highest BCUT2D eigenvalue weighted by Crippen LogP contribution is 2.20. The van der Waals surface area contributed by atoms with Crippen LogP contribution in [0.5, 0.6) is 0 Å². The zero-order valence-electron chi connectivity index (χ0n) is 12.5. The molecule has 0 bridgehead atoms. The second-order valence-electron chi connectivity index (χ2n) is 4.90. The molecule has 0 fully saturated rings. The molecule has 110 valence electrons. The molecule has 0 aliphatic rings. The predicted molar refractivity (Wildman–Crippen MR) is 86.5 cm³/mol. The lowest BCUT2D eigenvalue weighted by Gasteiger charge is -2.15. The van der Waals surface area contributed by atoms with Crippen molar-refractivity contribution in [3.05, 3.63) is 72.6 Å². The van der Waals surface area contributed by atoms with Crippen molar-refractivity contribution in [1.29, 1.82) is 0 Å². The summed E-state index contributed by atoms with van der Waals surface area (Å²) in [6.45, 7) is 4.58. The summed E-state index contributed by atoms with van der Waals surface area (Å²) in [4.78, 5) is 2.13. The van der Waals surface area contributed by atoms with Crippen LogP contribution in [-0.4, -0.2) is 14.1 Å². The lowest BCUT2D eigenvalue weighted by Crippen LogP contribution is -3.00. The molecule has 0 radical (unpaired) electrons. The van der Waals surface area contributed by atoms with Gasteiger partial charge in [0.15, 0.2) is 18.9 Å². The van der Waals surface area contributed by atoms with Gasteiger partial charge in [-0.1, -0.05) is 36.9 Å². The largest absolute Gasteiger partial charge is 1.00 e. The van der Waals surface area contributed by atoms with Gasteiger partial charge in [-0.15, -0.1) is 0 Å². The highest BCUT2D eigenvalue weighted by Gasteiger charge is 2.00. The molecule has 2 rings (SSSR count). The van der Waals surface area contributed by atoms with Crippen LogP contribution in [0.15, 0.2) is 61.4 Å². The fraction of sp³-hybridized carbons (Fsp3) is 0.167. The quantitative estimate of drug-likeness (QED) is 0.562. The maximum atomic E-state index is 3.74. The van der Waals surface area contributed by atoms with E-state index in [0.717, 1.165) is 6.54 Å². The van der Waals surface area contributed by atoms with Gasteiger partial charge in [-0.2, -0.15) is 0 Å². The Balaban J connectivity index is 0.00000220. The fourth-order valence-electron chi connectivity index (χ4n) is 2.07. The summed E-state index contributed by atoms with van der Waals surface area (Å²) >= 11 is 0. The Hall–Kier alpha value is -1.87. The zero-order valence-corrected chi connectivity index (χ0v) is 14.1. The molecule has 21 heavy (non-hydrogen) atoms. The number of rotatable bonds is 5. The van der Waals surface area contributed by atoms with Crippen LogP contribution in [0, 0.1) is 0 Å². The van der Waals surface area contributed by atoms with E-state index in [1.807, 2.05) is 6.08 Å². The van der Waals surface area contributed by atoms with Gasteiger partial charge in [0, 0.05) is 31.9 Å². The van der Waals surface area contributed by atoms with Gasteiger partial charge in [0.2, 0.25) is 0 Å². The number of anilines is 1. The van der Waals surface area contributed by atoms with E-state index in [2.05, 4.69) is 91.1 Å². The number of hydrogen-bond acceptors (Lipinski definition) is 1. The summed E-state index contributed by atoms with van der Waals surface area (Å²) in [6, 6.07) is 12.6. The number of aromatic nitrogens is 1. The molecule has 0 spiro atoms. The molecule has 0 amide bonds. The van der Waals surface area contributed by atoms with Crippen molar-refractivity contribution in [3.8, 4) is 0 Å². The first kappa shape index (κ1) is 17.2. The second-order valence-corrected chi connectivity index (χ2v) is 4.90. The van der Waals surface area contributed by atoms with Crippen LogP contribution in [-0.2, 0) is 6.54 Å². The molecule has 0 N–H and O–H groups in total. The SMILES string of the molecule is C=CC[n+]1ccc(/C=C/c2ccccc2N(C)C)cc1.[Br-]. The van der Waals surface area contributed by atoms with Gasteiger partial charge in [-0.3, -0.25) is 0 Å². The summed E-state index contributed by atoms with van der Waals surface area (Å²) in [5, 5.41) is 0. The molecule has 3 heteroatoms. The molecule has 1 aromatic carbocycles. The van der Waals surface area contributed by atoms with Gasteiger partial charge in [-0.25, -0.2) is 4.57 Å². The summed E-state index contributed by atoms with van der Waals surface area (Å²) < 4.78 is 2.10. The minimum Gasteiger partial charge on any atom is -1.00 e. The van der Waals surface area contributed by atoms with Gasteiger partial charge < -0.3 is 21.9 Å². The number of allylic oxidation sites excluding steroid dienone is 1. The lowest BCUT2D eigenvalue weighted by molar-refractivity contribution is -0.687. The van der Waals surface area contributed by atoms with Crippen molar-refractivity contribution < 1.29 is 21.5 Å². The molecule has 0 saturated carbocycles. The Morgan fingerprint density at radius 3 is 2.33 bits per heavy atom. The number of halogens is 1. The third kappa shape index (κ3) is 4.87. The first-order valence-corrected chi connectivity index (χ1v) is 6.75. The normalized spacial score (nSPS) is 10.2. The summed E-state index contributed by atoms with van der Waals surface area (Å²) in [6.07, 6.45) is 10.3. The maximum Gasteiger partial charge on any atom is 0.169 e. The maximum absolute atomic E-state index is 3.74. The van der Waals surface area contributed by atoms with Crippen molar-refractivity contribution in [2.75, 3.05) is 19.0 Å². The van der Waals surface area contributed by atoms with Crippen molar-refractivity contribution in [3.63, 3.8) is 0 Å². The molecular formula is C18H21BrN2. The molecule has 1 heterocycles. The topological polar surface area (TPSA) is 7.12 Å². The van der Waals surface area contributed by atoms with Gasteiger partial charge in [-0.05, 0) is 23.3 Å². The van der Waals surface area contributed by atoms with Crippen LogP contribution in [0.1, 0.15) is 11.1 Å². The number of hydrogen-bond donors (Lipinski definition) is 0. The minimum atomic E-state index is 0. The predicted octanol–water partition coefficient (Wildman–Crippen LogP) is 0.401. The van der Waals surface area contributed by atoms with E-state index in [-0.39, 0.29) is 17.0 Å². The first-order chi connectivity index (χ1) is 9.70. The molecule has 2 aromatic rings. The first-order valence-electron chi connectivity index (χ1n) is 6.75. The standard InChI is InChI=1S/C18H21N2.BrH/c1-4-13-20-14-11-16(12-15-20)9-10-17-7-5-6-8-18(17)19(2)3;/h4-12,14-15H,1,13H2,2-3H3;1H/q+1;/p-1. The van der Waals surface area contributed by atoms with Crippen LogP contribution < -0.4 is 26.4 Å². The average molecular weight is 345 g/mol. The third-order valence-corrected chi connectivity index (χ3v) is 3.13. The van der Waals surface area contributed by atoms with E-state index < -0.39 is 0 Å². The highest BCUT2D eigenvalue weighted by molar-refractivity contribution is 5.76. The molecule has 0 atom stereocenters. The van der Waals surface area contributed by atoms with Crippen molar-refractivity contribution >= 4 is 17.8 Å². The summed E-state index contributed by atoms with van der Waals surface area (Å²) in [5.41, 5.74) is 3.64. The molecule has 0 aliphatic carbocycles. The smallest absolute Gasteiger partial charge is 0.169 e. The van der Waals surface area contributed by atoms with Crippen LogP contribution in [0.2, 0.25) is 0 Å². The van der Waals surface area contributed by atoms with Crippen LogP contribution in [0.4, 0.5) is 5.69 Å². The second kappa shape index (κ2) is 8.42. The fourth-order valence-corrected chi connectivity index (χ4v) is 2.07. The van der Waals surface area contributed by atoms with E-state index in [4.69, 9.17) is 0 Å². The van der Waals surface area contributed by atoms with Gasteiger partial charge in [0.05, 0.1) is 0 Å². The number of benzene rings is 1. The minimum absolute atomic E-state index is 0. The van der Waals surface area contributed by atoms with Crippen molar-refractivity contribution in [1.82, 2.24) is 0 Å². The van der Waals surface area contributed by atoms with E-state index in [0.29, 0.717) is 0 Å². The monoisotopic (exact) mass is 344 g/mol. The number of pyridine rings is 1. The van der Waals surface area contributed by atoms with Crippen molar-refractivity contribution in [2.24, 2.45) is 0 Å². The van der Waals surface area contributed by atoms with E-state index in [1.54, 1.807) is 0 Å². The number of para-hydroxylation sites is 1. The Labute approximate surface area is 137 Å². The summed E-state index contributed by atoms with van der Waals surface area (Å²) in [5.74, 6) is 0. The zero-order chi connectivity index (χ0) is 14.4. The molecule has 0 aliphatic heterocycles. The van der Waals surface area contributed by atoms with Gasteiger partial charge >= 0.3 is 0 Å². The van der Waals surface area contributed by atoms with Crippen LogP contribution in [0.3, 0.4) is 0 Å². The summed E-state index contributed by atoms with van der Waals surface area (Å²) in [7, 11) is 4.13. The molecule has 2 nitrogen and oxygen atoms in total. The Morgan fingerprint density at radius 2 is 1.71 bits per heavy atom. The molecule has 1 aromatic heterocycles. The van der Waals surface area contributed by atoms with Crippen molar-refractivity contribution in [2.45, 2.75) is 6.54 Å². The van der Waals surface area contributed by atoms with Gasteiger partial charge in [0.25, 0.3) is 0 Å². The van der Waals surface area contributed by atoms with E-state index in [9.17, 15) is 0 Å². The highest BCUT2D eigenvalue weighted by atomic mass is 79.9. The lowest BCUT2D eigenvalue weighted by atomic mass is 10.1. The Kier molecular flexibility index (Phi) is 6.89. The Bertz CT molecular complexity index is 601. The van der Waals surface area contributed by atoms with Crippen LogP contribution >= 0.6 is 0 Å². The van der Waals surface area contributed by atoms with E-state index in [1.165, 1.54) is 16.8 Å². The molecule has 0 unspecified atom stereocenters. The molecule has 0 saturated heterocycles. The third-order valence-electron chi connectivity index (χ3n) is 3.13. The van der Waals surface area contributed by atoms with E-state index >= 15 is 0 Å². The van der Waals surface area contributed by atoms with Gasteiger partial charge in [0.1, 0.15) is 0 Å². The average Bonchev–Trinajstić information content (AvgIpc) is 2.47. The number of nitrogens with zero attached hydrogens (tertiary/aromatic N) is 2.